The highest BCUT2D eigenvalue weighted by molar-refractivity contribution is 5.99. The molecule has 0 spiro atoms. The van der Waals surface area contributed by atoms with E-state index in [1.807, 2.05) is 0 Å². The van der Waals surface area contributed by atoms with E-state index < -0.39 is 0 Å². The van der Waals surface area contributed by atoms with Crippen LogP contribution in [0.1, 0.15) is 61.3 Å². The smallest absolute Gasteiger partial charge is 0.162 e. The van der Waals surface area contributed by atoms with Gasteiger partial charge in [0, 0.05) is 11.5 Å². The standard InChI is InChI=1S/C15H26O/c1-10-8-9-11(14(2,3)4)12(13(10)16)15(5,6)7/h10H,8-9H2,1-7H3. The number of rotatable bonds is 0. The molecule has 0 saturated carbocycles. The highest BCUT2D eigenvalue weighted by atomic mass is 16.1. The van der Waals surface area contributed by atoms with Gasteiger partial charge >= 0.3 is 0 Å². The fraction of sp³-hybridized carbons (Fsp3) is 0.800. The number of Topliss-reactive ketones (excluding diaryl/α,β-unsaturated/α-hetero) is 1. The van der Waals surface area contributed by atoms with Crippen LogP contribution in [0.25, 0.3) is 0 Å². The van der Waals surface area contributed by atoms with E-state index in [0.29, 0.717) is 5.78 Å². The van der Waals surface area contributed by atoms with E-state index in [-0.39, 0.29) is 16.7 Å². The van der Waals surface area contributed by atoms with Crippen molar-refractivity contribution < 1.29 is 4.79 Å². The van der Waals surface area contributed by atoms with Crippen LogP contribution in [0.5, 0.6) is 0 Å². The summed E-state index contributed by atoms with van der Waals surface area (Å²) in [7, 11) is 0. The second-order valence-electron chi connectivity index (χ2n) is 7.16. The summed E-state index contributed by atoms with van der Waals surface area (Å²) in [5.41, 5.74) is 2.58. The van der Waals surface area contributed by atoms with Gasteiger partial charge < -0.3 is 0 Å². The molecule has 0 heterocycles. The van der Waals surface area contributed by atoms with Crippen molar-refractivity contribution in [1.82, 2.24) is 0 Å². The van der Waals surface area contributed by atoms with Gasteiger partial charge in [-0.15, -0.1) is 0 Å². The Bertz CT molecular complexity index is 320. The maximum Gasteiger partial charge on any atom is 0.162 e. The normalized spacial score (nSPS) is 23.9. The molecule has 16 heavy (non-hydrogen) atoms. The first kappa shape index (κ1) is 13.5. The van der Waals surface area contributed by atoms with Gasteiger partial charge in [0.1, 0.15) is 0 Å². The van der Waals surface area contributed by atoms with Gasteiger partial charge in [0.2, 0.25) is 0 Å². The summed E-state index contributed by atoms with van der Waals surface area (Å²) in [4.78, 5) is 12.4. The van der Waals surface area contributed by atoms with Crippen LogP contribution in [0.2, 0.25) is 0 Å². The number of carbonyl (C=O) groups excluding carboxylic acids is 1. The Morgan fingerprint density at radius 1 is 1.00 bits per heavy atom. The molecule has 0 fully saturated rings. The Labute approximate surface area is 100 Å². The van der Waals surface area contributed by atoms with Gasteiger partial charge in [0.25, 0.3) is 0 Å². The molecular formula is C15H26O. The molecule has 1 rings (SSSR count). The molecule has 0 aromatic carbocycles. The second kappa shape index (κ2) is 4.01. The zero-order chi connectivity index (χ0) is 12.7. The third-order valence-corrected chi connectivity index (χ3v) is 3.48. The Morgan fingerprint density at radius 2 is 1.50 bits per heavy atom. The van der Waals surface area contributed by atoms with Gasteiger partial charge in [0.15, 0.2) is 5.78 Å². The van der Waals surface area contributed by atoms with Gasteiger partial charge in [0.05, 0.1) is 0 Å². The van der Waals surface area contributed by atoms with Crippen molar-refractivity contribution in [3.05, 3.63) is 11.1 Å². The molecule has 0 aromatic rings. The van der Waals surface area contributed by atoms with Crippen molar-refractivity contribution in [2.24, 2.45) is 16.7 Å². The van der Waals surface area contributed by atoms with Crippen molar-refractivity contribution in [3.63, 3.8) is 0 Å². The predicted octanol–water partition coefficient (Wildman–Crippen LogP) is 4.37. The Morgan fingerprint density at radius 3 is 1.88 bits per heavy atom. The first-order valence-electron chi connectivity index (χ1n) is 6.33. The lowest BCUT2D eigenvalue weighted by atomic mass is 9.66. The fourth-order valence-electron chi connectivity index (χ4n) is 2.58. The van der Waals surface area contributed by atoms with E-state index in [0.717, 1.165) is 18.4 Å². The molecule has 0 radical (unpaired) electrons. The van der Waals surface area contributed by atoms with E-state index >= 15 is 0 Å². The van der Waals surface area contributed by atoms with Gasteiger partial charge in [-0.3, -0.25) is 4.79 Å². The second-order valence-corrected chi connectivity index (χ2v) is 7.16. The summed E-state index contributed by atoms with van der Waals surface area (Å²) in [5, 5.41) is 0. The third kappa shape index (κ3) is 2.56. The van der Waals surface area contributed by atoms with Crippen LogP contribution in [0.3, 0.4) is 0 Å². The average molecular weight is 222 g/mol. The molecule has 1 atom stereocenters. The Kier molecular flexibility index (Phi) is 3.38. The fourth-order valence-corrected chi connectivity index (χ4v) is 2.58. The van der Waals surface area contributed by atoms with Crippen LogP contribution < -0.4 is 0 Å². The van der Waals surface area contributed by atoms with Crippen molar-refractivity contribution in [2.75, 3.05) is 0 Å². The molecule has 0 aliphatic heterocycles. The monoisotopic (exact) mass is 222 g/mol. The molecule has 1 aliphatic carbocycles. The Hall–Kier alpha value is -0.590. The number of carbonyl (C=O) groups is 1. The minimum absolute atomic E-state index is 0.0195. The van der Waals surface area contributed by atoms with Gasteiger partial charge in [-0.1, -0.05) is 54.0 Å². The molecule has 92 valence electrons. The summed E-state index contributed by atoms with van der Waals surface area (Å²) in [6.45, 7) is 15.2. The molecular weight excluding hydrogens is 196 g/mol. The lowest BCUT2D eigenvalue weighted by Gasteiger charge is -2.37. The zero-order valence-electron chi connectivity index (χ0n) is 11.9. The number of allylic oxidation sites excluding steroid dienone is 2. The molecule has 1 aliphatic rings. The molecule has 0 bridgehead atoms. The van der Waals surface area contributed by atoms with Crippen molar-refractivity contribution in [2.45, 2.75) is 61.3 Å². The molecule has 1 unspecified atom stereocenters. The quantitative estimate of drug-likeness (QED) is 0.594. The third-order valence-electron chi connectivity index (χ3n) is 3.48. The molecule has 1 heteroatoms. The minimum Gasteiger partial charge on any atom is -0.294 e. The van der Waals surface area contributed by atoms with E-state index in [9.17, 15) is 4.79 Å². The number of hydrogen-bond donors (Lipinski definition) is 0. The minimum atomic E-state index is -0.0195. The van der Waals surface area contributed by atoms with Gasteiger partial charge in [-0.2, -0.15) is 0 Å². The highest BCUT2D eigenvalue weighted by Gasteiger charge is 2.37. The van der Waals surface area contributed by atoms with Crippen LogP contribution >= 0.6 is 0 Å². The van der Waals surface area contributed by atoms with E-state index in [1.54, 1.807) is 0 Å². The summed E-state index contributed by atoms with van der Waals surface area (Å²) >= 11 is 0. The van der Waals surface area contributed by atoms with Crippen molar-refractivity contribution >= 4 is 5.78 Å². The maximum absolute atomic E-state index is 12.4. The van der Waals surface area contributed by atoms with Gasteiger partial charge in [-0.25, -0.2) is 0 Å². The van der Waals surface area contributed by atoms with Crippen LogP contribution in [-0.2, 0) is 4.79 Å². The van der Waals surface area contributed by atoms with Crippen LogP contribution in [-0.4, -0.2) is 5.78 Å². The SMILES string of the molecule is CC1CCC(C(C)(C)C)=C(C(C)(C)C)C1=O. The molecule has 0 saturated heterocycles. The lowest BCUT2D eigenvalue weighted by Crippen LogP contribution is -2.32. The van der Waals surface area contributed by atoms with Crippen molar-refractivity contribution in [1.29, 1.82) is 0 Å². The lowest BCUT2D eigenvalue weighted by molar-refractivity contribution is -0.120. The van der Waals surface area contributed by atoms with Crippen LogP contribution in [0, 0.1) is 16.7 Å². The largest absolute Gasteiger partial charge is 0.294 e. The maximum atomic E-state index is 12.4. The number of ketones is 1. The Balaban J connectivity index is 3.35. The summed E-state index contributed by atoms with van der Waals surface area (Å²) in [6.07, 6.45) is 2.11. The molecule has 0 amide bonds. The van der Waals surface area contributed by atoms with E-state index in [2.05, 4.69) is 48.5 Å². The molecule has 0 N–H and O–H groups in total. The molecule has 0 aromatic heterocycles. The van der Waals surface area contributed by atoms with E-state index in [1.165, 1.54) is 5.57 Å². The number of hydrogen-bond acceptors (Lipinski definition) is 1. The zero-order valence-corrected chi connectivity index (χ0v) is 11.9. The van der Waals surface area contributed by atoms with Gasteiger partial charge in [-0.05, 0) is 23.7 Å². The first-order chi connectivity index (χ1) is 7.05. The van der Waals surface area contributed by atoms with Crippen LogP contribution in [0.4, 0.5) is 0 Å². The summed E-state index contributed by atoms with van der Waals surface area (Å²) in [6, 6.07) is 0. The topological polar surface area (TPSA) is 17.1 Å². The summed E-state index contributed by atoms with van der Waals surface area (Å²) < 4.78 is 0. The first-order valence-corrected chi connectivity index (χ1v) is 6.33. The average Bonchev–Trinajstić information content (AvgIpc) is 2.05. The highest BCUT2D eigenvalue weighted by Crippen LogP contribution is 2.44. The van der Waals surface area contributed by atoms with Crippen LogP contribution in [0.15, 0.2) is 11.1 Å². The summed E-state index contributed by atoms with van der Waals surface area (Å²) in [5.74, 6) is 0.587. The van der Waals surface area contributed by atoms with E-state index in [4.69, 9.17) is 0 Å². The predicted molar refractivity (Wildman–Crippen MR) is 69.3 cm³/mol. The molecule has 1 nitrogen and oxygen atoms in total. The van der Waals surface area contributed by atoms with Crippen molar-refractivity contribution in [3.8, 4) is 0 Å².